The van der Waals surface area contributed by atoms with Gasteiger partial charge in [0.1, 0.15) is 0 Å². The van der Waals surface area contributed by atoms with Crippen LogP contribution in [0, 0.1) is 13.8 Å². The Hall–Kier alpha value is -1.91. The van der Waals surface area contributed by atoms with Crippen LogP contribution >= 0.6 is 7.92 Å². The minimum Gasteiger partial charge on any atom is -0.0654 e. The molecule has 1 heteroatoms. The summed E-state index contributed by atoms with van der Waals surface area (Å²) in [4.78, 5) is 0. The van der Waals surface area contributed by atoms with Gasteiger partial charge in [-0.2, -0.15) is 0 Å². The van der Waals surface area contributed by atoms with Crippen LogP contribution in [0.25, 0.3) is 0 Å². The second kappa shape index (κ2) is 18.0. The molecule has 0 saturated heterocycles. The highest BCUT2D eigenvalue weighted by Gasteiger charge is 2.27. The van der Waals surface area contributed by atoms with Crippen LogP contribution in [-0.4, -0.2) is 0 Å². The number of rotatable bonds is 18. The topological polar surface area (TPSA) is 0 Å². The highest BCUT2D eigenvalue weighted by molar-refractivity contribution is 7.80. The number of aryl methyl sites for hydroxylation is 3. The van der Waals surface area contributed by atoms with Gasteiger partial charge >= 0.3 is 0 Å². The maximum atomic E-state index is 2.61. The van der Waals surface area contributed by atoms with Crippen molar-refractivity contribution in [2.75, 3.05) is 0 Å². The maximum Gasteiger partial charge on any atom is -0.0116 e. The molecule has 3 rings (SSSR count). The third-order valence-corrected chi connectivity index (χ3v) is 12.0. The number of hydrogen-bond acceptors (Lipinski definition) is 0. The largest absolute Gasteiger partial charge is 0.0654 e. The van der Waals surface area contributed by atoms with Gasteiger partial charge in [-0.05, 0) is 140 Å². The second-order valence-corrected chi connectivity index (χ2v) is 14.6. The zero-order chi connectivity index (χ0) is 30.5. The molecular weight excluding hydrogens is 523 g/mol. The van der Waals surface area contributed by atoms with Crippen molar-refractivity contribution in [2.24, 2.45) is 0 Å². The van der Waals surface area contributed by atoms with Crippen molar-refractivity contribution < 1.29 is 0 Å². The number of unbranched alkanes of at least 4 members (excludes halogenated alkanes) is 3. The summed E-state index contributed by atoms with van der Waals surface area (Å²) in [6.45, 7) is 18.8. The summed E-state index contributed by atoms with van der Waals surface area (Å²) in [7, 11) is -0.658. The highest BCUT2D eigenvalue weighted by atomic mass is 31.1. The first-order valence-electron chi connectivity index (χ1n) is 17.6. The summed E-state index contributed by atoms with van der Waals surface area (Å²) in [6, 6.07) is 17.4. The Morgan fingerprint density at radius 3 is 1.48 bits per heavy atom. The SMILES string of the molecule is CCCCc1ccc(P(c2cccc(C)c2C)c2ccc(CCC)c(CCC)c2CCC)c(CCCC)c1CCCC. The summed E-state index contributed by atoms with van der Waals surface area (Å²) in [5.74, 6) is 0. The van der Waals surface area contributed by atoms with Crippen molar-refractivity contribution in [2.45, 2.75) is 152 Å². The van der Waals surface area contributed by atoms with E-state index >= 15 is 0 Å². The minimum absolute atomic E-state index is 0.658. The molecule has 3 aromatic rings. The lowest BCUT2D eigenvalue weighted by atomic mass is 9.91. The first-order valence-corrected chi connectivity index (χ1v) is 18.9. The fourth-order valence-corrected chi connectivity index (χ4v) is 9.74. The summed E-state index contributed by atoms with van der Waals surface area (Å²) >= 11 is 0. The van der Waals surface area contributed by atoms with Crippen LogP contribution in [0.1, 0.15) is 144 Å². The molecule has 0 spiro atoms. The van der Waals surface area contributed by atoms with Crippen LogP contribution in [0.5, 0.6) is 0 Å². The normalized spacial score (nSPS) is 12.2. The summed E-state index contributed by atoms with van der Waals surface area (Å²) in [5, 5.41) is 4.87. The molecule has 0 bridgehead atoms. The van der Waals surface area contributed by atoms with Crippen molar-refractivity contribution >= 4 is 23.8 Å². The van der Waals surface area contributed by atoms with E-state index in [0.717, 1.165) is 0 Å². The van der Waals surface area contributed by atoms with Crippen molar-refractivity contribution in [3.8, 4) is 0 Å². The van der Waals surface area contributed by atoms with E-state index in [0.29, 0.717) is 0 Å². The molecule has 0 aliphatic carbocycles. The van der Waals surface area contributed by atoms with Crippen LogP contribution in [0.4, 0.5) is 0 Å². The molecule has 0 amide bonds. The number of benzene rings is 3. The molecule has 1 atom stereocenters. The molecule has 0 radical (unpaired) electrons. The van der Waals surface area contributed by atoms with Crippen molar-refractivity contribution in [1.82, 2.24) is 0 Å². The smallest absolute Gasteiger partial charge is 0.0116 e. The van der Waals surface area contributed by atoms with Crippen LogP contribution in [0.15, 0.2) is 42.5 Å². The van der Waals surface area contributed by atoms with Gasteiger partial charge in [0.25, 0.3) is 0 Å². The molecule has 0 aliphatic rings. The van der Waals surface area contributed by atoms with Gasteiger partial charge in [-0.25, -0.2) is 0 Å². The number of hydrogen-bond donors (Lipinski definition) is 0. The third-order valence-electron chi connectivity index (χ3n) is 9.19. The van der Waals surface area contributed by atoms with Gasteiger partial charge < -0.3 is 0 Å². The molecule has 230 valence electrons. The summed E-state index contributed by atoms with van der Waals surface area (Å²) in [6.07, 6.45) is 18.5. The Labute approximate surface area is 261 Å². The molecule has 3 aromatic carbocycles. The first-order chi connectivity index (χ1) is 20.5. The zero-order valence-corrected chi connectivity index (χ0v) is 29.5. The molecule has 0 heterocycles. The van der Waals surface area contributed by atoms with Crippen LogP contribution in [0.2, 0.25) is 0 Å². The standard InChI is InChI=1S/C41H61P/c1-9-15-23-34-28-30-41(38(25-17-11-3)36(34)24-16-10-2)42(39-26-18-22-31(7)32(39)8)40-29-27-33(19-12-4)35(20-13-5)37(40)21-14-6/h18,22,26-30H,9-17,19-21,23-25H2,1-8H3. The van der Waals surface area contributed by atoms with Crippen LogP contribution in [0.3, 0.4) is 0 Å². The highest BCUT2D eigenvalue weighted by Crippen LogP contribution is 2.41. The Morgan fingerprint density at radius 2 is 0.905 bits per heavy atom. The van der Waals surface area contributed by atoms with Gasteiger partial charge in [0.05, 0.1) is 0 Å². The van der Waals surface area contributed by atoms with E-state index in [1.807, 2.05) is 0 Å². The quantitative estimate of drug-likeness (QED) is 0.130. The van der Waals surface area contributed by atoms with Gasteiger partial charge in [0, 0.05) is 0 Å². The predicted octanol–water partition coefficient (Wildman–Crippen LogP) is 10.9. The van der Waals surface area contributed by atoms with Crippen LogP contribution in [-0.2, 0) is 38.5 Å². The van der Waals surface area contributed by atoms with E-state index in [1.165, 1.54) is 107 Å². The van der Waals surface area contributed by atoms with E-state index in [1.54, 1.807) is 49.3 Å². The lowest BCUT2D eigenvalue weighted by molar-refractivity contribution is 0.737. The van der Waals surface area contributed by atoms with E-state index < -0.39 is 7.92 Å². The Bertz CT molecular complexity index is 1250. The molecule has 0 aliphatic heterocycles. The van der Waals surface area contributed by atoms with Crippen molar-refractivity contribution in [3.63, 3.8) is 0 Å². The lowest BCUT2D eigenvalue weighted by Gasteiger charge is -2.30. The first kappa shape index (κ1) is 34.6. The average molecular weight is 585 g/mol. The van der Waals surface area contributed by atoms with Gasteiger partial charge in [-0.3, -0.25) is 0 Å². The molecule has 1 unspecified atom stereocenters. The van der Waals surface area contributed by atoms with E-state index in [9.17, 15) is 0 Å². The van der Waals surface area contributed by atoms with Crippen molar-refractivity contribution in [1.29, 1.82) is 0 Å². The summed E-state index contributed by atoms with van der Waals surface area (Å²) in [5.41, 5.74) is 12.9. The van der Waals surface area contributed by atoms with Crippen molar-refractivity contribution in [3.05, 3.63) is 87.0 Å². The Morgan fingerprint density at radius 1 is 0.429 bits per heavy atom. The zero-order valence-electron chi connectivity index (χ0n) is 28.6. The fourth-order valence-electron chi connectivity index (χ4n) is 6.74. The molecule has 0 N–H and O–H groups in total. The molecule has 0 fully saturated rings. The van der Waals surface area contributed by atoms with Gasteiger partial charge in [-0.15, -0.1) is 0 Å². The third kappa shape index (κ3) is 8.38. The van der Waals surface area contributed by atoms with Gasteiger partial charge in [-0.1, -0.05) is 123 Å². The Balaban J connectivity index is 2.45. The van der Waals surface area contributed by atoms with E-state index in [2.05, 4.69) is 97.9 Å². The second-order valence-electron chi connectivity index (χ2n) is 12.5. The van der Waals surface area contributed by atoms with Crippen LogP contribution < -0.4 is 15.9 Å². The predicted molar refractivity (Wildman–Crippen MR) is 192 cm³/mol. The molecular formula is C41H61P. The van der Waals surface area contributed by atoms with E-state index in [-0.39, 0.29) is 0 Å². The molecule has 42 heavy (non-hydrogen) atoms. The minimum atomic E-state index is -0.658. The molecule has 0 aromatic heterocycles. The van der Waals surface area contributed by atoms with Gasteiger partial charge in [0.2, 0.25) is 0 Å². The van der Waals surface area contributed by atoms with E-state index in [4.69, 9.17) is 0 Å². The molecule has 0 saturated carbocycles. The van der Waals surface area contributed by atoms with Gasteiger partial charge in [0.15, 0.2) is 0 Å². The Kier molecular flexibility index (Phi) is 14.8. The lowest BCUT2D eigenvalue weighted by Crippen LogP contribution is -2.29. The average Bonchev–Trinajstić information content (AvgIpc) is 2.99. The summed E-state index contributed by atoms with van der Waals surface area (Å²) < 4.78 is 0. The fraction of sp³-hybridized carbons (Fsp3) is 0.561. The maximum absolute atomic E-state index is 2.61. The molecule has 0 nitrogen and oxygen atoms in total. The monoisotopic (exact) mass is 584 g/mol.